The average molecular weight is 245 g/mol. The highest BCUT2D eigenvalue weighted by atomic mass is 16.5. The molecule has 0 radical (unpaired) electrons. The second-order valence-electron chi connectivity index (χ2n) is 4.28. The zero-order chi connectivity index (χ0) is 13.6. The van der Waals surface area contributed by atoms with Gasteiger partial charge in [0.05, 0.1) is 13.2 Å². The number of carbonyl (C=O) groups excluding carboxylic acids is 2. The molecule has 0 aliphatic rings. The van der Waals surface area contributed by atoms with E-state index in [0.717, 1.165) is 0 Å². The van der Waals surface area contributed by atoms with Gasteiger partial charge in [-0.1, -0.05) is 27.2 Å². The van der Waals surface area contributed by atoms with E-state index in [1.165, 1.54) is 14.0 Å². The maximum atomic E-state index is 12.0. The second kappa shape index (κ2) is 6.59. The van der Waals surface area contributed by atoms with Crippen LogP contribution >= 0.6 is 0 Å². The molecule has 2 N–H and O–H groups in total. The maximum absolute atomic E-state index is 12.0. The number of amides is 1. The van der Waals surface area contributed by atoms with Gasteiger partial charge in [0.25, 0.3) is 0 Å². The van der Waals surface area contributed by atoms with E-state index >= 15 is 0 Å². The van der Waals surface area contributed by atoms with Crippen LogP contribution in [0, 0.1) is 5.92 Å². The van der Waals surface area contributed by atoms with Gasteiger partial charge in [-0.2, -0.15) is 0 Å². The summed E-state index contributed by atoms with van der Waals surface area (Å²) in [6.07, 6.45) is 0.0420. The molecule has 0 aromatic rings. The number of ether oxygens (including phenoxy) is 1. The Morgan fingerprint density at radius 3 is 2.18 bits per heavy atom. The van der Waals surface area contributed by atoms with Crippen LogP contribution in [-0.2, 0) is 14.3 Å². The zero-order valence-corrected chi connectivity index (χ0v) is 11.2. The zero-order valence-electron chi connectivity index (χ0n) is 11.2. The maximum Gasteiger partial charge on any atom is 0.334 e. The highest BCUT2D eigenvalue weighted by molar-refractivity contribution is 5.88. The van der Waals surface area contributed by atoms with Gasteiger partial charge >= 0.3 is 5.97 Å². The number of nitrogens with one attached hydrogen (secondary N) is 1. The standard InChI is InChI=1S/C12H23NO4/c1-6-8(3)12(10(15)7-2,11(16)17-5)13-9(4)14/h8,10,15H,6-7H2,1-5H3,(H,13,14)/t8?,10-,12-/m0/s1. The monoisotopic (exact) mass is 245 g/mol. The topological polar surface area (TPSA) is 75.6 Å². The van der Waals surface area contributed by atoms with Crippen molar-refractivity contribution in [2.75, 3.05) is 7.11 Å². The summed E-state index contributed by atoms with van der Waals surface area (Å²) in [7, 11) is 1.25. The molecule has 5 nitrogen and oxygen atoms in total. The molecular formula is C12H23NO4. The lowest BCUT2D eigenvalue weighted by Gasteiger charge is -2.40. The molecule has 17 heavy (non-hydrogen) atoms. The molecule has 0 saturated carbocycles. The SMILES string of the molecule is CCC(C)[C@@](NC(C)=O)(C(=O)OC)[C@@H](O)CC. The smallest absolute Gasteiger partial charge is 0.334 e. The number of carbonyl (C=O) groups is 2. The first-order valence-electron chi connectivity index (χ1n) is 5.91. The molecular weight excluding hydrogens is 222 g/mol. The van der Waals surface area contributed by atoms with Crippen molar-refractivity contribution in [2.24, 2.45) is 5.92 Å². The molecule has 0 fully saturated rings. The van der Waals surface area contributed by atoms with Crippen LogP contribution in [0.3, 0.4) is 0 Å². The third-order valence-electron chi connectivity index (χ3n) is 3.21. The van der Waals surface area contributed by atoms with Crippen molar-refractivity contribution in [1.82, 2.24) is 5.32 Å². The third-order valence-corrected chi connectivity index (χ3v) is 3.21. The first-order chi connectivity index (χ1) is 7.86. The summed E-state index contributed by atoms with van der Waals surface area (Å²) in [6.45, 7) is 6.79. The Bertz CT molecular complexity index is 268. The number of methoxy groups -OCH3 is 1. The third kappa shape index (κ3) is 3.19. The molecule has 1 amide bonds. The van der Waals surface area contributed by atoms with Crippen LogP contribution in [0.2, 0.25) is 0 Å². The van der Waals surface area contributed by atoms with Crippen LogP contribution in [0.15, 0.2) is 0 Å². The van der Waals surface area contributed by atoms with Crippen molar-refractivity contribution in [3.05, 3.63) is 0 Å². The summed E-state index contributed by atoms with van der Waals surface area (Å²) in [5.41, 5.74) is -1.36. The minimum absolute atomic E-state index is 0.214. The van der Waals surface area contributed by atoms with Crippen molar-refractivity contribution in [1.29, 1.82) is 0 Å². The predicted octanol–water partition coefficient (Wildman–Crippen LogP) is 0.851. The van der Waals surface area contributed by atoms with Gasteiger partial charge in [0.2, 0.25) is 5.91 Å². The molecule has 0 heterocycles. The normalized spacial score (nSPS) is 17.8. The Labute approximate surface area is 103 Å². The number of aliphatic hydroxyl groups excluding tert-OH is 1. The van der Waals surface area contributed by atoms with Crippen molar-refractivity contribution in [2.45, 2.75) is 52.2 Å². The molecule has 100 valence electrons. The first-order valence-corrected chi connectivity index (χ1v) is 5.91. The van der Waals surface area contributed by atoms with E-state index in [9.17, 15) is 14.7 Å². The van der Waals surface area contributed by atoms with Crippen LogP contribution in [0.25, 0.3) is 0 Å². The lowest BCUT2D eigenvalue weighted by atomic mass is 9.77. The summed E-state index contributed by atoms with van der Waals surface area (Å²) in [5.74, 6) is -1.17. The lowest BCUT2D eigenvalue weighted by Crippen LogP contribution is -2.65. The molecule has 1 unspecified atom stereocenters. The summed E-state index contributed by atoms with van der Waals surface area (Å²) < 4.78 is 4.75. The Morgan fingerprint density at radius 1 is 1.35 bits per heavy atom. The molecule has 0 aliphatic carbocycles. The van der Waals surface area contributed by atoms with Crippen molar-refractivity contribution < 1.29 is 19.4 Å². The van der Waals surface area contributed by atoms with E-state index in [2.05, 4.69) is 5.32 Å². The van der Waals surface area contributed by atoms with Gasteiger partial charge < -0.3 is 15.2 Å². The Balaban J connectivity index is 5.51. The van der Waals surface area contributed by atoms with E-state index in [1.807, 2.05) is 13.8 Å². The minimum atomic E-state index is -1.36. The van der Waals surface area contributed by atoms with E-state index < -0.39 is 17.6 Å². The summed E-state index contributed by atoms with van der Waals surface area (Å²) >= 11 is 0. The number of rotatable bonds is 6. The molecule has 0 aromatic heterocycles. The lowest BCUT2D eigenvalue weighted by molar-refractivity contribution is -0.160. The Kier molecular flexibility index (Phi) is 6.16. The van der Waals surface area contributed by atoms with Gasteiger partial charge in [0, 0.05) is 6.92 Å². The summed E-state index contributed by atoms with van der Waals surface area (Å²) in [4.78, 5) is 23.3. The van der Waals surface area contributed by atoms with Gasteiger partial charge in [-0.05, 0) is 12.3 Å². The van der Waals surface area contributed by atoms with Gasteiger partial charge in [-0.25, -0.2) is 4.79 Å². The fraction of sp³-hybridized carbons (Fsp3) is 0.833. The number of hydrogen-bond donors (Lipinski definition) is 2. The predicted molar refractivity (Wildman–Crippen MR) is 64.3 cm³/mol. The fourth-order valence-corrected chi connectivity index (χ4v) is 2.03. The van der Waals surface area contributed by atoms with E-state index in [4.69, 9.17) is 4.74 Å². The number of esters is 1. The number of aliphatic hydroxyl groups is 1. The highest BCUT2D eigenvalue weighted by Crippen LogP contribution is 2.28. The molecule has 0 saturated heterocycles. The average Bonchev–Trinajstić information content (AvgIpc) is 2.32. The molecule has 0 bridgehead atoms. The summed E-state index contributed by atoms with van der Waals surface area (Å²) in [5, 5.41) is 12.7. The quantitative estimate of drug-likeness (QED) is 0.680. The van der Waals surface area contributed by atoms with Crippen LogP contribution in [0.1, 0.15) is 40.5 Å². The number of hydrogen-bond acceptors (Lipinski definition) is 4. The van der Waals surface area contributed by atoms with Crippen molar-refractivity contribution in [3.8, 4) is 0 Å². The Morgan fingerprint density at radius 2 is 1.88 bits per heavy atom. The molecule has 0 rings (SSSR count). The van der Waals surface area contributed by atoms with E-state index in [0.29, 0.717) is 12.8 Å². The molecule has 0 aliphatic heterocycles. The molecule has 0 spiro atoms. The van der Waals surface area contributed by atoms with Crippen LogP contribution in [-0.4, -0.2) is 35.7 Å². The second-order valence-corrected chi connectivity index (χ2v) is 4.28. The van der Waals surface area contributed by atoms with Gasteiger partial charge in [-0.15, -0.1) is 0 Å². The van der Waals surface area contributed by atoms with Crippen LogP contribution in [0.4, 0.5) is 0 Å². The highest BCUT2D eigenvalue weighted by Gasteiger charge is 2.50. The van der Waals surface area contributed by atoms with E-state index in [1.54, 1.807) is 6.92 Å². The minimum Gasteiger partial charge on any atom is -0.467 e. The van der Waals surface area contributed by atoms with E-state index in [-0.39, 0.29) is 11.8 Å². The van der Waals surface area contributed by atoms with Gasteiger partial charge in [-0.3, -0.25) is 4.79 Å². The van der Waals surface area contributed by atoms with Crippen LogP contribution < -0.4 is 5.32 Å². The summed E-state index contributed by atoms with van der Waals surface area (Å²) in [6, 6.07) is 0. The Hall–Kier alpha value is -1.10. The van der Waals surface area contributed by atoms with Gasteiger partial charge in [0.1, 0.15) is 0 Å². The molecule has 3 atom stereocenters. The largest absolute Gasteiger partial charge is 0.467 e. The fourth-order valence-electron chi connectivity index (χ4n) is 2.03. The first kappa shape index (κ1) is 15.9. The van der Waals surface area contributed by atoms with Crippen LogP contribution in [0.5, 0.6) is 0 Å². The van der Waals surface area contributed by atoms with Crippen molar-refractivity contribution >= 4 is 11.9 Å². The van der Waals surface area contributed by atoms with Gasteiger partial charge in [0.15, 0.2) is 5.54 Å². The molecule has 0 aromatic carbocycles. The molecule has 5 heteroatoms. The van der Waals surface area contributed by atoms with Crippen molar-refractivity contribution in [3.63, 3.8) is 0 Å².